The number of imide groups is 1. The minimum absolute atomic E-state index is 0.0931. The van der Waals surface area contributed by atoms with Crippen LogP contribution in [-0.4, -0.2) is 54.1 Å². The second-order valence-corrected chi connectivity index (χ2v) is 8.04. The summed E-state index contributed by atoms with van der Waals surface area (Å²) in [4.78, 5) is 62.2. The molecule has 3 rings (SSSR count). The van der Waals surface area contributed by atoms with E-state index in [9.17, 15) is 24.0 Å². The number of carbonyl (C=O) groups is 5. The first-order valence-corrected chi connectivity index (χ1v) is 10.6. The predicted octanol–water partition coefficient (Wildman–Crippen LogP) is 1.51. The highest BCUT2D eigenvalue weighted by atomic mass is 16.2. The summed E-state index contributed by atoms with van der Waals surface area (Å²) in [6, 6.07) is 3.90. The lowest BCUT2D eigenvalue weighted by molar-refractivity contribution is -0.131. The Labute approximate surface area is 180 Å². The van der Waals surface area contributed by atoms with Gasteiger partial charge in [-0.2, -0.15) is 0 Å². The summed E-state index contributed by atoms with van der Waals surface area (Å²) in [6.07, 6.45) is 5.79. The van der Waals surface area contributed by atoms with E-state index >= 15 is 0 Å². The van der Waals surface area contributed by atoms with Crippen molar-refractivity contribution in [3.05, 3.63) is 34.9 Å². The number of nitrogens with zero attached hydrogens (tertiary/aromatic N) is 1. The van der Waals surface area contributed by atoms with Gasteiger partial charge >= 0.3 is 6.03 Å². The Kier molecular flexibility index (Phi) is 7.38. The SMILES string of the molecule is CN(C(=O)c1cccc(CNC(=O)NC2CCCC2)c1C=O)C1CCCC(=O)NC1=O. The van der Waals surface area contributed by atoms with E-state index in [4.69, 9.17) is 0 Å². The maximum Gasteiger partial charge on any atom is 0.315 e. The first-order chi connectivity index (χ1) is 14.9. The average Bonchev–Trinajstić information content (AvgIpc) is 3.20. The molecule has 31 heavy (non-hydrogen) atoms. The Morgan fingerprint density at radius 2 is 1.90 bits per heavy atom. The maximum absolute atomic E-state index is 13.1. The van der Waals surface area contributed by atoms with E-state index in [1.165, 1.54) is 18.0 Å². The molecule has 1 aromatic rings. The van der Waals surface area contributed by atoms with Gasteiger partial charge in [0, 0.05) is 31.6 Å². The fraction of sp³-hybridized carbons (Fsp3) is 0.500. The van der Waals surface area contributed by atoms with Crippen molar-refractivity contribution in [1.29, 1.82) is 0 Å². The molecule has 1 aliphatic carbocycles. The van der Waals surface area contributed by atoms with Gasteiger partial charge in [-0.25, -0.2) is 4.79 Å². The van der Waals surface area contributed by atoms with Crippen LogP contribution in [0.1, 0.15) is 71.2 Å². The molecule has 9 nitrogen and oxygen atoms in total. The molecule has 0 aromatic heterocycles. The van der Waals surface area contributed by atoms with Crippen LogP contribution in [0.2, 0.25) is 0 Å². The van der Waals surface area contributed by atoms with Gasteiger partial charge in [0.15, 0.2) is 6.29 Å². The Bertz CT molecular complexity index is 879. The van der Waals surface area contributed by atoms with E-state index in [2.05, 4.69) is 16.0 Å². The van der Waals surface area contributed by atoms with E-state index in [-0.39, 0.29) is 42.1 Å². The third-order valence-electron chi connectivity index (χ3n) is 5.91. The molecule has 1 atom stereocenters. The van der Waals surface area contributed by atoms with Crippen LogP contribution < -0.4 is 16.0 Å². The smallest absolute Gasteiger partial charge is 0.315 e. The number of nitrogens with one attached hydrogen (secondary N) is 3. The molecule has 166 valence electrons. The zero-order chi connectivity index (χ0) is 22.4. The van der Waals surface area contributed by atoms with Crippen molar-refractivity contribution in [2.75, 3.05) is 7.05 Å². The number of rotatable bonds is 6. The molecule has 0 spiro atoms. The van der Waals surface area contributed by atoms with Crippen molar-refractivity contribution >= 4 is 30.0 Å². The molecule has 1 saturated carbocycles. The lowest BCUT2D eigenvalue weighted by Crippen LogP contribution is -2.47. The lowest BCUT2D eigenvalue weighted by Gasteiger charge is -2.26. The summed E-state index contributed by atoms with van der Waals surface area (Å²) in [7, 11) is 1.48. The summed E-state index contributed by atoms with van der Waals surface area (Å²) >= 11 is 0. The monoisotopic (exact) mass is 428 g/mol. The molecule has 2 fully saturated rings. The molecule has 1 heterocycles. The van der Waals surface area contributed by atoms with Gasteiger partial charge < -0.3 is 15.5 Å². The Balaban J connectivity index is 1.71. The number of benzene rings is 1. The first-order valence-electron chi connectivity index (χ1n) is 10.6. The number of amides is 5. The predicted molar refractivity (Wildman–Crippen MR) is 112 cm³/mol. The minimum Gasteiger partial charge on any atom is -0.335 e. The largest absolute Gasteiger partial charge is 0.335 e. The quantitative estimate of drug-likeness (QED) is 0.468. The van der Waals surface area contributed by atoms with Gasteiger partial charge in [-0.05, 0) is 37.3 Å². The van der Waals surface area contributed by atoms with E-state index in [1.54, 1.807) is 12.1 Å². The molecule has 1 saturated heterocycles. The number of aldehydes is 1. The van der Waals surface area contributed by atoms with E-state index in [1.807, 2.05) is 0 Å². The van der Waals surface area contributed by atoms with Gasteiger partial charge in [-0.3, -0.25) is 24.5 Å². The van der Waals surface area contributed by atoms with Crippen LogP contribution in [0.25, 0.3) is 0 Å². The van der Waals surface area contributed by atoms with Crippen LogP contribution in [0.4, 0.5) is 4.79 Å². The number of likely N-dealkylation sites (N-methyl/N-ethyl adjacent to an activating group) is 1. The molecular weight excluding hydrogens is 400 g/mol. The van der Waals surface area contributed by atoms with Gasteiger partial charge in [-0.1, -0.05) is 25.0 Å². The Morgan fingerprint density at radius 3 is 2.61 bits per heavy atom. The molecule has 1 unspecified atom stereocenters. The molecule has 5 amide bonds. The van der Waals surface area contributed by atoms with Crippen LogP contribution in [0.5, 0.6) is 0 Å². The molecule has 3 N–H and O–H groups in total. The van der Waals surface area contributed by atoms with E-state index < -0.39 is 17.9 Å². The zero-order valence-corrected chi connectivity index (χ0v) is 17.6. The van der Waals surface area contributed by atoms with Crippen molar-refractivity contribution in [3.8, 4) is 0 Å². The molecule has 1 aromatic carbocycles. The highest BCUT2D eigenvalue weighted by Gasteiger charge is 2.31. The summed E-state index contributed by atoms with van der Waals surface area (Å²) in [5.41, 5.74) is 0.832. The van der Waals surface area contributed by atoms with Gasteiger partial charge in [0.25, 0.3) is 5.91 Å². The van der Waals surface area contributed by atoms with Gasteiger partial charge in [0.2, 0.25) is 11.8 Å². The average molecular weight is 428 g/mol. The van der Waals surface area contributed by atoms with Crippen molar-refractivity contribution in [2.24, 2.45) is 0 Å². The molecule has 2 aliphatic rings. The second-order valence-electron chi connectivity index (χ2n) is 8.04. The third kappa shape index (κ3) is 5.48. The summed E-state index contributed by atoms with van der Waals surface area (Å²) in [5.74, 6) is -1.37. The molecule has 1 aliphatic heterocycles. The molecule has 9 heteroatoms. The van der Waals surface area contributed by atoms with Gasteiger partial charge in [0.1, 0.15) is 6.04 Å². The first kappa shape index (κ1) is 22.5. The van der Waals surface area contributed by atoms with Crippen LogP contribution in [0, 0.1) is 0 Å². The number of urea groups is 1. The molecule has 0 bridgehead atoms. The van der Waals surface area contributed by atoms with Crippen molar-refractivity contribution in [3.63, 3.8) is 0 Å². The summed E-state index contributed by atoms with van der Waals surface area (Å²) < 4.78 is 0. The van der Waals surface area contributed by atoms with Crippen LogP contribution in [0.3, 0.4) is 0 Å². The normalized spacial score (nSPS) is 19.3. The van der Waals surface area contributed by atoms with E-state index in [0.717, 1.165) is 25.7 Å². The Hall–Kier alpha value is -3.23. The fourth-order valence-corrected chi connectivity index (χ4v) is 4.15. The highest BCUT2D eigenvalue weighted by Crippen LogP contribution is 2.20. The van der Waals surface area contributed by atoms with Gasteiger partial charge in [-0.15, -0.1) is 0 Å². The van der Waals surface area contributed by atoms with Crippen LogP contribution >= 0.6 is 0 Å². The Morgan fingerprint density at radius 1 is 1.16 bits per heavy atom. The maximum atomic E-state index is 13.1. The van der Waals surface area contributed by atoms with Crippen molar-refractivity contribution < 1.29 is 24.0 Å². The lowest BCUT2D eigenvalue weighted by atomic mass is 9.99. The van der Waals surface area contributed by atoms with Gasteiger partial charge in [0.05, 0.1) is 5.56 Å². The van der Waals surface area contributed by atoms with Crippen molar-refractivity contribution in [2.45, 2.75) is 63.6 Å². The van der Waals surface area contributed by atoms with Crippen LogP contribution in [-0.2, 0) is 16.1 Å². The van der Waals surface area contributed by atoms with E-state index in [0.29, 0.717) is 24.7 Å². The summed E-state index contributed by atoms with van der Waals surface area (Å²) in [5, 5.41) is 7.94. The number of hydrogen-bond acceptors (Lipinski definition) is 5. The molecule has 0 radical (unpaired) electrons. The molecular formula is C22H28N4O5. The van der Waals surface area contributed by atoms with Crippen LogP contribution in [0.15, 0.2) is 18.2 Å². The third-order valence-corrected chi connectivity index (χ3v) is 5.91. The minimum atomic E-state index is -0.794. The standard InChI is InChI=1S/C22H28N4O5/c1-26(18-10-5-11-19(28)25-20(18)29)21(30)16-9-4-6-14(17(16)13-27)12-23-22(31)24-15-7-2-3-8-15/h4,6,9,13,15,18H,2-3,5,7-8,10-12H2,1H3,(H2,23,24,31)(H,25,28,29). The topological polar surface area (TPSA) is 125 Å². The fourth-order valence-electron chi connectivity index (χ4n) is 4.15. The zero-order valence-electron chi connectivity index (χ0n) is 17.6. The number of carbonyl (C=O) groups excluding carboxylic acids is 5. The highest BCUT2D eigenvalue weighted by molar-refractivity contribution is 6.05. The van der Waals surface area contributed by atoms with Crippen molar-refractivity contribution in [1.82, 2.24) is 20.9 Å². The second kappa shape index (κ2) is 10.2. The summed E-state index contributed by atoms with van der Waals surface area (Å²) in [6.45, 7) is 0.0931. The number of hydrogen-bond donors (Lipinski definition) is 3.